The van der Waals surface area contributed by atoms with Gasteiger partial charge in [0.25, 0.3) is 0 Å². The molecule has 74 valence electrons. The van der Waals surface area contributed by atoms with Gasteiger partial charge in [0.15, 0.2) is 10.8 Å². The van der Waals surface area contributed by atoms with E-state index in [1.54, 1.807) is 17.6 Å². The predicted octanol–water partition coefficient (Wildman–Crippen LogP) is 2.21. The molecule has 2 heterocycles. The molecule has 2 aromatic heterocycles. The van der Waals surface area contributed by atoms with E-state index in [2.05, 4.69) is 4.98 Å². The Balaban J connectivity index is 2.29. The van der Waals surface area contributed by atoms with Gasteiger partial charge in [-0.3, -0.25) is 0 Å². The Bertz CT molecular complexity index is 419. The highest BCUT2D eigenvalue weighted by atomic mass is 32.1. The maximum Gasteiger partial charge on any atom is 0.165 e. The number of thiazole rings is 1. The van der Waals surface area contributed by atoms with E-state index in [0.717, 1.165) is 28.4 Å². The smallest absolute Gasteiger partial charge is 0.165 e. The Morgan fingerprint density at radius 3 is 3.07 bits per heavy atom. The molecule has 0 saturated carbocycles. The lowest BCUT2D eigenvalue weighted by atomic mass is 10.3. The highest BCUT2D eigenvalue weighted by Crippen LogP contribution is 2.27. The number of hydrogen-bond donors (Lipinski definition) is 1. The Morgan fingerprint density at radius 1 is 1.57 bits per heavy atom. The van der Waals surface area contributed by atoms with Gasteiger partial charge in [0.2, 0.25) is 0 Å². The lowest BCUT2D eigenvalue weighted by molar-refractivity contribution is 0.580. The van der Waals surface area contributed by atoms with Crippen molar-refractivity contribution in [2.24, 2.45) is 5.73 Å². The molecule has 14 heavy (non-hydrogen) atoms. The van der Waals surface area contributed by atoms with E-state index in [4.69, 9.17) is 10.2 Å². The van der Waals surface area contributed by atoms with Gasteiger partial charge in [-0.2, -0.15) is 0 Å². The van der Waals surface area contributed by atoms with E-state index in [9.17, 15) is 0 Å². The topological polar surface area (TPSA) is 52.0 Å². The fraction of sp³-hybridized carbons (Fsp3) is 0.300. The summed E-state index contributed by atoms with van der Waals surface area (Å²) in [6.07, 6.45) is 2.52. The van der Waals surface area contributed by atoms with Crippen LogP contribution in [0.4, 0.5) is 0 Å². The lowest BCUT2D eigenvalue weighted by Gasteiger charge is -1.91. The van der Waals surface area contributed by atoms with Crippen LogP contribution in [0.15, 0.2) is 22.1 Å². The van der Waals surface area contributed by atoms with Gasteiger partial charge in [0, 0.05) is 11.8 Å². The minimum atomic E-state index is 0.639. The van der Waals surface area contributed by atoms with Crippen LogP contribution in [-0.4, -0.2) is 11.5 Å². The SMILES string of the molecule is Cc1ccoc1-c1nc(CCN)cs1. The third-order valence-corrected chi connectivity index (χ3v) is 2.90. The molecule has 2 rings (SSSR count). The van der Waals surface area contributed by atoms with Crippen LogP contribution in [0, 0.1) is 6.92 Å². The van der Waals surface area contributed by atoms with Gasteiger partial charge < -0.3 is 10.2 Å². The maximum atomic E-state index is 5.46. The van der Waals surface area contributed by atoms with E-state index in [0.29, 0.717) is 6.54 Å². The Labute approximate surface area is 86.6 Å². The number of furan rings is 1. The average Bonchev–Trinajstić information content (AvgIpc) is 2.74. The van der Waals surface area contributed by atoms with Gasteiger partial charge in [0.05, 0.1) is 12.0 Å². The second kappa shape index (κ2) is 3.94. The normalized spacial score (nSPS) is 10.7. The molecule has 4 heteroatoms. The molecule has 0 spiro atoms. The summed E-state index contributed by atoms with van der Waals surface area (Å²) >= 11 is 1.60. The van der Waals surface area contributed by atoms with Crippen LogP contribution in [0.1, 0.15) is 11.3 Å². The predicted molar refractivity (Wildman–Crippen MR) is 57.3 cm³/mol. The van der Waals surface area contributed by atoms with Crippen molar-refractivity contribution in [3.63, 3.8) is 0 Å². The van der Waals surface area contributed by atoms with Crippen molar-refractivity contribution in [2.75, 3.05) is 6.54 Å². The Morgan fingerprint density at radius 2 is 2.43 bits per heavy atom. The molecule has 2 aromatic rings. The number of aryl methyl sites for hydroxylation is 1. The quantitative estimate of drug-likeness (QED) is 0.841. The van der Waals surface area contributed by atoms with Crippen molar-refractivity contribution < 1.29 is 4.42 Å². The zero-order chi connectivity index (χ0) is 9.97. The molecule has 0 saturated heterocycles. The number of rotatable bonds is 3. The molecule has 0 aliphatic heterocycles. The van der Waals surface area contributed by atoms with Crippen LogP contribution in [0.3, 0.4) is 0 Å². The van der Waals surface area contributed by atoms with Crippen molar-refractivity contribution in [2.45, 2.75) is 13.3 Å². The fourth-order valence-electron chi connectivity index (χ4n) is 1.27. The average molecular weight is 208 g/mol. The Kier molecular flexibility index (Phi) is 2.65. The van der Waals surface area contributed by atoms with Crippen LogP contribution in [0.5, 0.6) is 0 Å². The highest BCUT2D eigenvalue weighted by molar-refractivity contribution is 7.13. The van der Waals surface area contributed by atoms with Gasteiger partial charge >= 0.3 is 0 Å². The third kappa shape index (κ3) is 1.71. The Hall–Kier alpha value is -1.13. The molecule has 2 N–H and O–H groups in total. The fourth-order valence-corrected chi connectivity index (χ4v) is 2.17. The summed E-state index contributed by atoms with van der Waals surface area (Å²) in [6, 6.07) is 1.94. The molecule has 0 bridgehead atoms. The van der Waals surface area contributed by atoms with E-state index in [1.807, 2.05) is 18.4 Å². The molecule has 0 aliphatic carbocycles. The van der Waals surface area contributed by atoms with Crippen molar-refractivity contribution in [3.05, 3.63) is 29.0 Å². The van der Waals surface area contributed by atoms with Crippen LogP contribution in [-0.2, 0) is 6.42 Å². The second-order valence-corrected chi connectivity index (χ2v) is 3.97. The molecule has 0 aliphatic rings. The van der Waals surface area contributed by atoms with Crippen molar-refractivity contribution in [1.82, 2.24) is 4.98 Å². The summed E-state index contributed by atoms with van der Waals surface area (Å²) in [5, 5.41) is 2.97. The van der Waals surface area contributed by atoms with Gasteiger partial charge in [-0.15, -0.1) is 11.3 Å². The van der Waals surface area contributed by atoms with E-state index in [1.165, 1.54) is 0 Å². The molecule has 0 aromatic carbocycles. The van der Waals surface area contributed by atoms with Gasteiger partial charge in [-0.05, 0) is 25.1 Å². The van der Waals surface area contributed by atoms with Gasteiger partial charge in [-0.25, -0.2) is 4.98 Å². The number of hydrogen-bond acceptors (Lipinski definition) is 4. The minimum Gasteiger partial charge on any atom is -0.462 e. The van der Waals surface area contributed by atoms with E-state index < -0.39 is 0 Å². The molecular weight excluding hydrogens is 196 g/mol. The molecule has 0 radical (unpaired) electrons. The van der Waals surface area contributed by atoms with Crippen LogP contribution < -0.4 is 5.73 Å². The standard InChI is InChI=1S/C10H12N2OS/c1-7-3-5-13-9(7)10-12-8(2-4-11)6-14-10/h3,5-6H,2,4,11H2,1H3. The van der Waals surface area contributed by atoms with Crippen molar-refractivity contribution in [1.29, 1.82) is 0 Å². The summed E-state index contributed by atoms with van der Waals surface area (Å²) in [5.41, 5.74) is 7.63. The molecule has 3 nitrogen and oxygen atoms in total. The largest absolute Gasteiger partial charge is 0.462 e. The minimum absolute atomic E-state index is 0.639. The number of nitrogens with two attached hydrogens (primary N) is 1. The molecule has 0 unspecified atom stereocenters. The van der Waals surface area contributed by atoms with Gasteiger partial charge in [0.1, 0.15) is 0 Å². The first-order chi connectivity index (χ1) is 6.81. The van der Waals surface area contributed by atoms with E-state index >= 15 is 0 Å². The third-order valence-electron chi connectivity index (χ3n) is 2.01. The summed E-state index contributed by atoms with van der Waals surface area (Å²) in [4.78, 5) is 4.45. The van der Waals surface area contributed by atoms with Crippen molar-refractivity contribution in [3.8, 4) is 10.8 Å². The van der Waals surface area contributed by atoms with Crippen LogP contribution in [0.25, 0.3) is 10.8 Å². The summed E-state index contributed by atoms with van der Waals surface area (Å²) < 4.78 is 5.36. The lowest BCUT2D eigenvalue weighted by Crippen LogP contribution is -2.02. The molecule has 0 amide bonds. The first-order valence-corrected chi connectivity index (χ1v) is 5.38. The molecular formula is C10H12N2OS. The molecule has 0 fully saturated rings. The highest BCUT2D eigenvalue weighted by Gasteiger charge is 2.09. The summed E-state index contributed by atoms with van der Waals surface area (Å²) in [6.45, 7) is 2.66. The number of aromatic nitrogens is 1. The number of nitrogens with zero attached hydrogens (tertiary/aromatic N) is 1. The maximum absolute atomic E-state index is 5.46. The summed E-state index contributed by atoms with van der Waals surface area (Å²) in [5.74, 6) is 0.873. The summed E-state index contributed by atoms with van der Waals surface area (Å²) in [7, 11) is 0. The zero-order valence-electron chi connectivity index (χ0n) is 7.99. The zero-order valence-corrected chi connectivity index (χ0v) is 8.80. The first kappa shape index (κ1) is 9.43. The monoisotopic (exact) mass is 208 g/mol. The molecule has 0 atom stereocenters. The van der Waals surface area contributed by atoms with E-state index in [-0.39, 0.29) is 0 Å². The van der Waals surface area contributed by atoms with Crippen LogP contribution in [0.2, 0.25) is 0 Å². The van der Waals surface area contributed by atoms with Crippen molar-refractivity contribution >= 4 is 11.3 Å². The second-order valence-electron chi connectivity index (χ2n) is 3.12. The van der Waals surface area contributed by atoms with Crippen LogP contribution >= 0.6 is 11.3 Å². The first-order valence-electron chi connectivity index (χ1n) is 4.50. The van der Waals surface area contributed by atoms with Gasteiger partial charge in [-0.1, -0.05) is 0 Å².